The van der Waals surface area contributed by atoms with Crippen LogP contribution in [-0.4, -0.2) is 54.9 Å². The number of aliphatic hydroxyl groups excluding tert-OH is 1. The summed E-state index contributed by atoms with van der Waals surface area (Å²) in [5, 5.41) is 14.2. The molecule has 10 unspecified atom stereocenters. The van der Waals surface area contributed by atoms with E-state index in [1.807, 2.05) is 0 Å². The van der Waals surface area contributed by atoms with Gasteiger partial charge in [0.2, 0.25) is 0 Å². The zero-order chi connectivity index (χ0) is 27.2. The fraction of sp³-hybridized carbons (Fsp3) is 1.00. The summed E-state index contributed by atoms with van der Waals surface area (Å²) in [6.45, 7) is 20.0. The van der Waals surface area contributed by atoms with E-state index < -0.39 is 0 Å². The number of aliphatic hydroxyl groups is 1. The molecule has 0 spiro atoms. The average molecular weight is 530 g/mol. The first-order valence-corrected chi connectivity index (χ1v) is 16.8. The molecule has 5 aliphatic rings. The van der Waals surface area contributed by atoms with Gasteiger partial charge in [-0.3, -0.25) is 0 Å². The first kappa shape index (κ1) is 29.3. The highest BCUT2D eigenvalue weighted by atomic mass is 16.3. The highest BCUT2D eigenvalue weighted by Gasteiger charge is 2.56. The molecule has 0 amide bonds. The molecule has 4 bridgehead atoms. The Morgan fingerprint density at radius 1 is 0.921 bits per heavy atom. The molecule has 4 N–H and O–H groups in total. The molecule has 0 radical (unpaired) electrons. The summed E-state index contributed by atoms with van der Waals surface area (Å²) in [4.78, 5) is 2.42. The van der Waals surface area contributed by atoms with Gasteiger partial charge in [0.1, 0.15) is 0 Å². The Balaban J connectivity index is 1.15. The van der Waals surface area contributed by atoms with Gasteiger partial charge in [0, 0.05) is 19.1 Å². The van der Waals surface area contributed by atoms with Crippen molar-refractivity contribution in [3.63, 3.8) is 0 Å². The van der Waals surface area contributed by atoms with Crippen LogP contribution >= 0.6 is 0 Å². The van der Waals surface area contributed by atoms with Gasteiger partial charge in [-0.15, -0.1) is 0 Å². The summed E-state index contributed by atoms with van der Waals surface area (Å²) >= 11 is 0. The number of likely N-dealkylation sites (tertiary alicyclic amines) is 1. The molecule has 10 atom stereocenters. The fourth-order valence-corrected chi connectivity index (χ4v) is 11.1. The van der Waals surface area contributed by atoms with Crippen molar-refractivity contribution in [3.05, 3.63) is 0 Å². The smallest absolute Gasteiger partial charge is 0.0789 e. The predicted octanol–water partition coefficient (Wildman–Crippen LogP) is 6.17. The third-order valence-corrected chi connectivity index (χ3v) is 13.3. The summed E-state index contributed by atoms with van der Waals surface area (Å²) in [5.41, 5.74) is 6.77. The molecule has 0 aromatic heterocycles. The standard InChI is InChI=1S/C34H63N3O/c1-22-25-15-29(33(3,4)17-25)28(22)9-7-8-10-31(32-23(2)26-16-30(32)34(5,6)18-26)36-20-24-11-13-37(14-12-24)21-27(38)19-35/h22-32,36,38H,7-21,35H2,1-6H3. The Bertz CT molecular complexity index is 774. The van der Waals surface area contributed by atoms with Crippen molar-refractivity contribution in [1.82, 2.24) is 10.2 Å². The van der Waals surface area contributed by atoms with E-state index in [1.165, 1.54) is 70.8 Å². The quantitative estimate of drug-likeness (QED) is 0.265. The molecule has 1 aliphatic heterocycles. The second kappa shape index (κ2) is 11.6. The molecule has 0 aromatic rings. The molecular weight excluding hydrogens is 466 g/mol. The molecule has 4 saturated carbocycles. The second-order valence-corrected chi connectivity index (χ2v) is 16.5. The molecule has 5 fully saturated rings. The van der Waals surface area contributed by atoms with Gasteiger partial charge < -0.3 is 21.1 Å². The van der Waals surface area contributed by atoms with Crippen LogP contribution in [0.2, 0.25) is 0 Å². The number of β-amino-alcohol motifs (C(OH)–C–C–N with tert-alkyl or cyclic N) is 1. The molecule has 4 aliphatic carbocycles. The monoisotopic (exact) mass is 529 g/mol. The zero-order valence-corrected chi connectivity index (χ0v) is 25.9. The minimum Gasteiger partial charge on any atom is -0.390 e. The van der Waals surface area contributed by atoms with Crippen molar-refractivity contribution in [1.29, 1.82) is 0 Å². The van der Waals surface area contributed by atoms with Gasteiger partial charge in [-0.25, -0.2) is 0 Å². The maximum atomic E-state index is 9.96. The van der Waals surface area contributed by atoms with E-state index in [9.17, 15) is 5.11 Å². The number of nitrogens with two attached hydrogens (primary N) is 1. The van der Waals surface area contributed by atoms with Gasteiger partial charge in [-0.1, -0.05) is 54.4 Å². The van der Waals surface area contributed by atoms with Crippen LogP contribution in [0.1, 0.15) is 106 Å². The minimum absolute atomic E-state index is 0.370. The Kier molecular flexibility index (Phi) is 8.96. The maximum absolute atomic E-state index is 9.96. The third kappa shape index (κ3) is 5.90. The van der Waals surface area contributed by atoms with E-state index in [4.69, 9.17) is 5.73 Å². The van der Waals surface area contributed by atoms with Crippen LogP contribution < -0.4 is 11.1 Å². The van der Waals surface area contributed by atoms with Crippen molar-refractivity contribution >= 4 is 0 Å². The Labute approximate surface area is 235 Å². The zero-order valence-electron chi connectivity index (χ0n) is 25.9. The van der Waals surface area contributed by atoms with Crippen LogP contribution in [0.3, 0.4) is 0 Å². The van der Waals surface area contributed by atoms with E-state index in [2.05, 4.69) is 51.8 Å². The van der Waals surface area contributed by atoms with Gasteiger partial charge in [-0.05, 0) is 135 Å². The second-order valence-electron chi connectivity index (χ2n) is 16.5. The Morgan fingerprint density at radius 2 is 1.55 bits per heavy atom. The topological polar surface area (TPSA) is 61.5 Å². The maximum Gasteiger partial charge on any atom is 0.0789 e. The van der Waals surface area contributed by atoms with Gasteiger partial charge in [0.05, 0.1) is 6.10 Å². The molecule has 4 nitrogen and oxygen atoms in total. The van der Waals surface area contributed by atoms with Gasteiger partial charge in [-0.2, -0.15) is 0 Å². The summed E-state index contributed by atoms with van der Waals surface area (Å²) in [7, 11) is 0. The minimum atomic E-state index is -0.370. The van der Waals surface area contributed by atoms with Crippen LogP contribution in [0.25, 0.3) is 0 Å². The molecule has 0 aromatic carbocycles. The number of hydrogen-bond donors (Lipinski definition) is 3. The van der Waals surface area contributed by atoms with Crippen molar-refractivity contribution in [2.45, 2.75) is 118 Å². The van der Waals surface area contributed by atoms with Crippen LogP contribution in [-0.2, 0) is 0 Å². The number of nitrogens with zero attached hydrogens (tertiary/aromatic N) is 1. The fourth-order valence-electron chi connectivity index (χ4n) is 11.1. The first-order chi connectivity index (χ1) is 18.0. The normalized spacial score (nSPS) is 41.7. The Hall–Kier alpha value is -0.160. The molecule has 38 heavy (non-hydrogen) atoms. The summed E-state index contributed by atoms with van der Waals surface area (Å²) in [6, 6.07) is 0.700. The lowest BCUT2D eigenvalue weighted by molar-refractivity contribution is 0.0660. The Morgan fingerprint density at radius 3 is 2.18 bits per heavy atom. The highest BCUT2D eigenvalue weighted by molar-refractivity contribution is 5.07. The van der Waals surface area contributed by atoms with Crippen LogP contribution in [0.5, 0.6) is 0 Å². The summed E-state index contributed by atoms with van der Waals surface area (Å²) in [6.07, 6.45) is 13.8. The number of piperidine rings is 1. The number of hydrogen-bond acceptors (Lipinski definition) is 4. The lowest BCUT2D eigenvalue weighted by Crippen LogP contribution is -2.48. The predicted molar refractivity (Wildman–Crippen MR) is 160 cm³/mol. The van der Waals surface area contributed by atoms with Gasteiger partial charge in [0.25, 0.3) is 0 Å². The molecule has 1 heterocycles. The SMILES string of the molecule is CC1C2CC(C1CCCCC(NCC1CCN(CC(O)CN)CC1)C1C(C)C3CC1C(C)(C)C3)C(C)(C)C2. The van der Waals surface area contributed by atoms with E-state index in [1.54, 1.807) is 0 Å². The first-order valence-electron chi connectivity index (χ1n) is 16.8. The number of fused-ring (bicyclic) bond motifs is 4. The third-order valence-electron chi connectivity index (χ3n) is 13.3. The van der Waals surface area contributed by atoms with Crippen molar-refractivity contribution in [3.8, 4) is 0 Å². The van der Waals surface area contributed by atoms with Crippen molar-refractivity contribution in [2.24, 2.45) is 69.8 Å². The number of rotatable bonds is 12. The van der Waals surface area contributed by atoms with Crippen LogP contribution in [0, 0.1) is 64.1 Å². The molecular formula is C34H63N3O. The molecule has 1 saturated heterocycles. The average Bonchev–Trinajstić information content (AvgIpc) is 3.56. The van der Waals surface area contributed by atoms with E-state index >= 15 is 0 Å². The molecule has 220 valence electrons. The van der Waals surface area contributed by atoms with Gasteiger partial charge in [0.15, 0.2) is 0 Å². The van der Waals surface area contributed by atoms with Gasteiger partial charge >= 0.3 is 0 Å². The summed E-state index contributed by atoms with van der Waals surface area (Å²) < 4.78 is 0. The van der Waals surface area contributed by atoms with Crippen molar-refractivity contribution < 1.29 is 5.11 Å². The highest BCUT2D eigenvalue weighted by Crippen LogP contribution is 2.63. The van der Waals surface area contributed by atoms with Crippen LogP contribution in [0.15, 0.2) is 0 Å². The molecule has 5 rings (SSSR count). The van der Waals surface area contributed by atoms with E-state index in [-0.39, 0.29) is 6.10 Å². The van der Waals surface area contributed by atoms with E-state index in [0.29, 0.717) is 23.4 Å². The summed E-state index contributed by atoms with van der Waals surface area (Å²) in [5.74, 6) is 8.34. The largest absolute Gasteiger partial charge is 0.390 e. The van der Waals surface area contributed by atoms with Crippen LogP contribution in [0.4, 0.5) is 0 Å². The number of nitrogens with one attached hydrogen (secondary N) is 1. The molecule has 4 heteroatoms. The van der Waals surface area contributed by atoms with E-state index in [0.717, 1.165) is 72.9 Å². The lowest BCUT2D eigenvalue weighted by Gasteiger charge is -2.44. The number of unbranched alkanes of at least 4 members (excludes halogenated alkanes) is 1. The van der Waals surface area contributed by atoms with Crippen molar-refractivity contribution in [2.75, 3.05) is 32.7 Å². The lowest BCUT2D eigenvalue weighted by atomic mass is 9.64.